The maximum atomic E-state index is 13.1. The summed E-state index contributed by atoms with van der Waals surface area (Å²) < 4.78 is 1.96. The maximum absolute atomic E-state index is 13.1. The van der Waals surface area contributed by atoms with Crippen molar-refractivity contribution in [2.24, 2.45) is 5.92 Å². The minimum atomic E-state index is -0.339. The van der Waals surface area contributed by atoms with Crippen molar-refractivity contribution in [2.75, 3.05) is 13.1 Å². The summed E-state index contributed by atoms with van der Waals surface area (Å²) in [6.07, 6.45) is 2.10. The third-order valence-corrected chi connectivity index (χ3v) is 6.24. The molecule has 0 radical (unpaired) electrons. The first-order valence-corrected chi connectivity index (χ1v) is 11.0. The van der Waals surface area contributed by atoms with E-state index in [1.165, 1.54) is 0 Å². The Bertz CT molecular complexity index is 1100. The molecule has 1 aromatic heterocycles. The molecular weight excluding hydrogens is 388 g/mol. The van der Waals surface area contributed by atoms with Crippen molar-refractivity contribution in [1.82, 2.24) is 19.8 Å². The maximum Gasteiger partial charge on any atom is 0.252 e. The molecule has 1 N–H and O–H groups in total. The first-order chi connectivity index (χ1) is 14.9. The second kappa shape index (κ2) is 8.92. The molecule has 162 valence electrons. The van der Waals surface area contributed by atoms with Crippen molar-refractivity contribution in [3.8, 4) is 0 Å². The molecule has 0 spiro atoms. The molecule has 31 heavy (non-hydrogen) atoms. The summed E-state index contributed by atoms with van der Waals surface area (Å²) in [4.78, 5) is 32.6. The van der Waals surface area contributed by atoms with Gasteiger partial charge in [-0.2, -0.15) is 0 Å². The van der Waals surface area contributed by atoms with Crippen molar-refractivity contribution in [3.05, 3.63) is 65.5 Å². The molecule has 0 aliphatic carbocycles. The third kappa shape index (κ3) is 4.48. The number of para-hydroxylation sites is 2. The largest absolute Gasteiger partial charge is 0.342 e. The summed E-state index contributed by atoms with van der Waals surface area (Å²) in [7, 11) is 0. The Kier molecular flexibility index (Phi) is 6.07. The van der Waals surface area contributed by atoms with E-state index in [9.17, 15) is 9.59 Å². The number of rotatable bonds is 5. The van der Waals surface area contributed by atoms with Gasteiger partial charge in [0.2, 0.25) is 5.91 Å². The predicted octanol–water partition coefficient (Wildman–Crippen LogP) is 4.09. The summed E-state index contributed by atoms with van der Waals surface area (Å²) in [5.41, 5.74) is 3.31. The molecule has 1 saturated heterocycles. The van der Waals surface area contributed by atoms with Crippen molar-refractivity contribution in [3.63, 3.8) is 0 Å². The van der Waals surface area contributed by atoms with Crippen molar-refractivity contribution >= 4 is 22.8 Å². The van der Waals surface area contributed by atoms with Crippen LogP contribution in [0.25, 0.3) is 11.0 Å². The highest BCUT2D eigenvalue weighted by Crippen LogP contribution is 2.23. The highest BCUT2D eigenvalue weighted by molar-refractivity contribution is 5.95. The van der Waals surface area contributed by atoms with Gasteiger partial charge in [0.25, 0.3) is 5.91 Å². The second-order valence-electron chi connectivity index (χ2n) is 8.62. The number of carbonyl (C=O) groups excluding carboxylic acids is 2. The fourth-order valence-electron chi connectivity index (χ4n) is 4.25. The summed E-state index contributed by atoms with van der Waals surface area (Å²) in [6.45, 7) is 7.92. The van der Waals surface area contributed by atoms with Gasteiger partial charge in [0.05, 0.1) is 17.1 Å². The number of benzene rings is 2. The van der Waals surface area contributed by atoms with E-state index in [1.54, 1.807) is 0 Å². The molecule has 2 amide bonds. The highest BCUT2D eigenvalue weighted by atomic mass is 16.2. The van der Waals surface area contributed by atoms with E-state index in [4.69, 9.17) is 4.98 Å². The molecule has 0 saturated carbocycles. The number of nitrogens with one attached hydrogen (secondary N) is 1. The van der Waals surface area contributed by atoms with Gasteiger partial charge in [-0.3, -0.25) is 9.59 Å². The van der Waals surface area contributed by atoms with Gasteiger partial charge in [-0.1, -0.05) is 37.3 Å². The van der Waals surface area contributed by atoms with E-state index in [2.05, 4.69) is 12.2 Å². The van der Waals surface area contributed by atoms with Gasteiger partial charge in [0.1, 0.15) is 12.4 Å². The number of hydrogen-bond acceptors (Lipinski definition) is 3. The average Bonchev–Trinajstić information content (AvgIpc) is 3.13. The number of hydrogen-bond donors (Lipinski definition) is 1. The Labute approximate surface area is 183 Å². The van der Waals surface area contributed by atoms with Gasteiger partial charge in [0, 0.05) is 18.7 Å². The molecule has 1 aliphatic heterocycles. The molecule has 3 aromatic rings. The molecule has 1 fully saturated rings. The molecule has 2 heterocycles. The van der Waals surface area contributed by atoms with Crippen LogP contribution in [0.5, 0.6) is 0 Å². The summed E-state index contributed by atoms with van der Waals surface area (Å²) in [6, 6.07) is 15.0. The monoisotopic (exact) mass is 418 g/mol. The summed E-state index contributed by atoms with van der Waals surface area (Å²) in [5, 5.41) is 3.07. The van der Waals surface area contributed by atoms with Crippen molar-refractivity contribution < 1.29 is 9.59 Å². The van der Waals surface area contributed by atoms with E-state index >= 15 is 0 Å². The van der Waals surface area contributed by atoms with Crippen molar-refractivity contribution in [1.29, 1.82) is 0 Å². The van der Waals surface area contributed by atoms with Crippen LogP contribution in [0.2, 0.25) is 0 Å². The molecule has 6 heteroatoms. The molecule has 6 nitrogen and oxygen atoms in total. The van der Waals surface area contributed by atoms with Crippen LogP contribution >= 0.6 is 0 Å². The third-order valence-electron chi connectivity index (χ3n) is 6.24. The van der Waals surface area contributed by atoms with Crippen LogP contribution in [0.4, 0.5) is 0 Å². The minimum absolute atomic E-state index is 0.105. The lowest BCUT2D eigenvalue weighted by Crippen LogP contribution is -2.40. The zero-order valence-corrected chi connectivity index (χ0v) is 18.5. The number of aromatic nitrogens is 2. The smallest absolute Gasteiger partial charge is 0.252 e. The average molecular weight is 419 g/mol. The topological polar surface area (TPSA) is 67.2 Å². The van der Waals surface area contributed by atoms with Gasteiger partial charge >= 0.3 is 0 Å². The van der Waals surface area contributed by atoms with E-state index in [0.717, 1.165) is 42.5 Å². The van der Waals surface area contributed by atoms with Crippen molar-refractivity contribution in [2.45, 2.75) is 46.2 Å². The van der Waals surface area contributed by atoms with E-state index in [1.807, 2.05) is 71.8 Å². The summed E-state index contributed by atoms with van der Waals surface area (Å²) >= 11 is 0. The molecule has 1 aliphatic rings. The van der Waals surface area contributed by atoms with Gasteiger partial charge in [-0.25, -0.2) is 4.98 Å². The number of imidazole rings is 1. The van der Waals surface area contributed by atoms with Crippen LogP contribution in [0.3, 0.4) is 0 Å². The minimum Gasteiger partial charge on any atom is -0.342 e. The number of carbonyl (C=O) groups is 2. The Morgan fingerprint density at radius 2 is 1.77 bits per heavy atom. The van der Waals surface area contributed by atoms with Crippen LogP contribution in [0, 0.1) is 12.8 Å². The van der Waals surface area contributed by atoms with Crippen LogP contribution in [-0.2, 0) is 11.3 Å². The molecular formula is C25H30N4O2. The normalized spacial score (nSPS) is 15.8. The molecule has 4 rings (SSSR count). The van der Waals surface area contributed by atoms with Gasteiger partial charge in [0.15, 0.2) is 0 Å². The molecule has 0 bridgehead atoms. The van der Waals surface area contributed by atoms with Crippen LogP contribution in [0.15, 0.2) is 48.5 Å². The van der Waals surface area contributed by atoms with Gasteiger partial charge in [-0.15, -0.1) is 0 Å². The lowest BCUT2D eigenvalue weighted by Gasteiger charge is -2.30. The Balaban J connectivity index is 1.59. The number of fused-ring (bicyclic) bond motifs is 1. The van der Waals surface area contributed by atoms with E-state index in [0.29, 0.717) is 17.3 Å². The fourth-order valence-corrected chi connectivity index (χ4v) is 4.25. The number of aryl methyl sites for hydroxylation is 1. The van der Waals surface area contributed by atoms with Gasteiger partial charge in [-0.05, 0) is 56.4 Å². The quantitative estimate of drug-likeness (QED) is 0.678. The first-order valence-electron chi connectivity index (χ1n) is 11.0. The standard InChI is InChI=1S/C25H30N4O2/c1-17-12-14-28(15-13-17)23(30)16-29-22-11-7-6-10-21(22)27-24(29)19(3)26-25(31)20-9-5-4-8-18(20)2/h4-11,17,19H,12-16H2,1-3H3,(H,26,31). The van der Waals surface area contributed by atoms with E-state index < -0.39 is 0 Å². The first kappa shape index (κ1) is 21.1. The molecule has 2 aromatic carbocycles. The predicted molar refractivity (Wildman–Crippen MR) is 122 cm³/mol. The van der Waals surface area contributed by atoms with E-state index in [-0.39, 0.29) is 24.4 Å². The summed E-state index contributed by atoms with van der Waals surface area (Å²) in [5.74, 6) is 1.33. The van der Waals surface area contributed by atoms with Gasteiger partial charge < -0.3 is 14.8 Å². The lowest BCUT2D eigenvalue weighted by molar-refractivity contribution is -0.133. The van der Waals surface area contributed by atoms with Crippen LogP contribution < -0.4 is 5.32 Å². The Morgan fingerprint density at radius 3 is 2.52 bits per heavy atom. The zero-order chi connectivity index (χ0) is 22.0. The van der Waals surface area contributed by atoms with Crippen LogP contribution in [-0.4, -0.2) is 39.4 Å². The highest BCUT2D eigenvalue weighted by Gasteiger charge is 2.24. The number of likely N-dealkylation sites (tertiary alicyclic amines) is 1. The fraction of sp³-hybridized carbons (Fsp3) is 0.400. The number of piperidine rings is 1. The SMILES string of the molecule is Cc1ccccc1C(=O)NC(C)c1nc2ccccc2n1CC(=O)N1CCC(C)CC1. The zero-order valence-electron chi connectivity index (χ0n) is 18.5. The molecule has 1 unspecified atom stereocenters. The Morgan fingerprint density at radius 1 is 1.10 bits per heavy atom. The Hall–Kier alpha value is -3.15. The number of nitrogens with zero attached hydrogens (tertiary/aromatic N) is 3. The van der Waals surface area contributed by atoms with Crippen LogP contribution in [0.1, 0.15) is 54.5 Å². The molecule has 1 atom stereocenters. The lowest BCUT2D eigenvalue weighted by atomic mass is 9.99. The number of amides is 2. The second-order valence-corrected chi connectivity index (χ2v) is 8.62.